The molecule has 9 heteroatoms. The Bertz CT molecular complexity index is 1310. The molecule has 1 aromatic carbocycles. The van der Waals surface area contributed by atoms with Crippen LogP contribution in [0.3, 0.4) is 0 Å². The molecule has 0 aliphatic heterocycles. The Morgan fingerprint density at radius 3 is 2.38 bits per heavy atom. The van der Waals surface area contributed by atoms with Gasteiger partial charge in [0.1, 0.15) is 22.5 Å². The second-order valence-electron chi connectivity index (χ2n) is 8.14. The Balaban J connectivity index is 1.96. The molecule has 4 rings (SSSR count). The van der Waals surface area contributed by atoms with Gasteiger partial charge in [-0.3, -0.25) is 9.67 Å². The molecular weight excluding hydrogens is 408 g/mol. The normalized spacial score (nSPS) is 12.4. The van der Waals surface area contributed by atoms with Gasteiger partial charge in [-0.05, 0) is 26.0 Å². The first-order chi connectivity index (χ1) is 15.3. The highest BCUT2D eigenvalue weighted by atomic mass is 16.5. The van der Waals surface area contributed by atoms with Crippen molar-refractivity contribution in [1.82, 2.24) is 24.3 Å². The molecule has 0 atom stereocenters. The molecule has 0 saturated heterocycles. The van der Waals surface area contributed by atoms with Gasteiger partial charge in [0.2, 0.25) is 0 Å². The fourth-order valence-corrected chi connectivity index (χ4v) is 3.38. The largest absolute Gasteiger partial charge is 0.497 e. The van der Waals surface area contributed by atoms with Crippen LogP contribution in [0.5, 0.6) is 11.5 Å². The smallest absolute Gasteiger partial charge is 0.161 e. The molecule has 166 valence electrons. The molecule has 4 aromatic rings. The summed E-state index contributed by atoms with van der Waals surface area (Å²) in [5.74, 6) is 1.27. The van der Waals surface area contributed by atoms with Crippen molar-refractivity contribution in [3.63, 3.8) is 0 Å². The standard InChI is InChI=1S/C23H26N6O3/c1-23(2,30)14-29-21(26-16-8-17(31-4)10-18(9-16)32-5)7-6-19-22(29)27-20(12-24-19)15-11-25-28(3)13-15/h6-13,30H,14H2,1-5H3/b26-21+. The lowest BCUT2D eigenvalue weighted by atomic mass is 10.1. The molecule has 0 unspecified atom stereocenters. The van der Waals surface area contributed by atoms with E-state index in [9.17, 15) is 5.11 Å². The second-order valence-corrected chi connectivity index (χ2v) is 8.14. The molecule has 0 aliphatic carbocycles. The predicted octanol–water partition coefficient (Wildman–Crippen LogP) is 2.85. The number of methoxy groups -OCH3 is 2. The molecule has 0 spiro atoms. The number of aryl methyl sites for hydroxylation is 1. The summed E-state index contributed by atoms with van der Waals surface area (Å²) in [4.78, 5) is 14.2. The molecule has 0 radical (unpaired) electrons. The zero-order valence-electron chi connectivity index (χ0n) is 18.8. The fraction of sp³-hybridized carbons (Fsp3) is 0.304. The number of rotatable bonds is 6. The van der Waals surface area contributed by atoms with Gasteiger partial charge in [0.15, 0.2) is 5.65 Å². The first-order valence-electron chi connectivity index (χ1n) is 10.1. The zero-order chi connectivity index (χ0) is 22.9. The minimum atomic E-state index is -0.999. The van der Waals surface area contributed by atoms with E-state index in [1.165, 1.54) is 0 Å². The summed E-state index contributed by atoms with van der Waals surface area (Å²) in [6, 6.07) is 9.15. The van der Waals surface area contributed by atoms with Crippen LogP contribution in [0.25, 0.3) is 22.4 Å². The topological polar surface area (TPSA) is 99.6 Å². The monoisotopic (exact) mass is 434 g/mol. The van der Waals surface area contributed by atoms with Crippen LogP contribution < -0.4 is 15.0 Å². The maximum absolute atomic E-state index is 10.6. The molecular formula is C23H26N6O3. The first-order valence-corrected chi connectivity index (χ1v) is 10.1. The highest BCUT2D eigenvalue weighted by Gasteiger charge is 2.17. The van der Waals surface area contributed by atoms with Crippen LogP contribution in [0.15, 0.2) is 53.9 Å². The van der Waals surface area contributed by atoms with Crippen LogP contribution in [0.1, 0.15) is 13.8 Å². The third-order valence-corrected chi connectivity index (χ3v) is 4.83. The third-order valence-electron chi connectivity index (χ3n) is 4.83. The predicted molar refractivity (Wildman–Crippen MR) is 121 cm³/mol. The molecule has 1 N–H and O–H groups in total. The summed E-state index contributed by atoms with van der Waals surface area (Å²) in [6.07, 6.45) is 5.34. The van der Waals surface area contributed by atoms with E-state index in [2.05, 4.69) is 10.1 Å². The van der Waals surface area contributed by atoms with Gasteiger partial charge >= 0.3 is 0 Å². The zero-order valence-corrected chi connectivity index (χ0v) is 18.8. The average Bonchev–Trinajstić information content (AvgIpc) is 3.20. The Hall–Kier alpha value is -3.72. The number of nitrogens with zero attached hydrogens (tertiary/aromatic N) is 6. The number of hydrogen-bond donors (Lipinski definition) is 1. The number of fused-ring (bicyclic) bond motifs is 1. The van der Waals surface area contributed by atoms with Crippen molar-refractivity contribution in [3.8, 4) is 22.8 Å². The summed E-state index contributed by atoms with van der Waals surface area (Å²) in [6.45, 7) is 3.76. The summed E-state index contributed by atoms with van der Waals surface area (Å²) in [7, 11) is 5.04. The molecule has 0 amide bonds. The lowest BCUT2D eigenvalue weighted by molar-refractivity contribution is 0.0614. The highest BCUT2D eigenvalue weighted by Crippen LogP contribution is 2.27. The number of hydrogen-bond acceptors (Lipinski definition) is 7. The number of aliphatic hydroxyl groups is 1. The van der Waals surface area contributed by atoms with Crippen LogP contribution >= 0.6 is 0 Å². The van der Waals surface area contributed by atoms with Crippen LogP contribution in [0.4, 0.5) is 5.69 Å². The van der Waals surface area contributed by atoms with E-state index in [0.717, 1.165) is 5.56 Å². The minimum absolute atomic E-state index is 0.273. The average molecular weight is 435 g/mol. The van der Waals surface area contributed by atoms with E-state index in [1.807, 2.05) is 42.1 Å². The molecule has 0 fully saturated rings. The van der Waals surface area contributed by atoms with Gasteiger partial charge in [-0.2, -0.15) is 5.10 Å². The number of aromatic nitrogens is 5. The van der Waals surface area contributed by atoms with Crippen LogP contribution in [0, 0.1) is 0 Å². The highest BCUT2D eigenvalue weighted by molar-refractivity contribution is 5.73. The maximum atomic E-state index is 10.6. The lowest BCUT2D eigenvalue weighted by Gasteiger charge is -2.21. The summed E-state index contributed by atoms with van der Waals surface area (Å²) in [5.41, 5.74) is 3.14. The van der Waals surface area contributed by atoms with Gasteiger partial charge in [0.25, 0.3) is 0 Å². The van der Waals surface area contributed by atoms with Crippen molar-refractivity contribution in [3.05, 3.63) is 54.4 Å². The molecule has 0 saturated carbocycles. The summed E-state index contributed by atoms with van der Waals surface area (Å²) in [5, 5.41) is 14.8. The van der Waals surface area contributed by atoms with Gasteiger partial charge in [-0.1, -0.05) is 0 Å². The van der Waals surface area contributed by atoms with Crippen molar-refractivity contribution >= 4 is 16.9 Å². The SMILES string of the molecule is COc1cc(/N=c2\ccc3ncc(-c4cnn(C)c4)nc3n2CC(C)(C)O)cc(OC)c1. The van der Waals surface area contributed by atoms with Gasteiger partial charge in [-0.15, -0.1) is 0 Å². The Morgan fingerprint density at radius 1 is 1.06 bits per heavy atom. The van der Waals surface area contributed by atoms with E-state index in [-0.39, 0.29) is 6.54 Å². The van der Waals surface area contributed by atoms with E-state index in [1.54, 1.807) is 51.2 Å². The quantitative estimate of drug-likeness (QED) is 0.501. The first kappa shape index (κ1) is 21.5. The maximum Gasteiger partial charge on any atom is 0.161 e. The van der Waals surface area contributed by atoms with E-state index >= 15 is 0 Å². The number of pyridine rings is 1. The summed E-state index contributed by atoms with van der Waals surface area (Å²) < 4.78 is 14.3. The minimum Gasteiger partial charge on any atom is -0.497 e. The molecule has 3 heterocycles. The van der Waals surface area contributed by atoms with Crippen molar-refractivity contribution in [1.29, 1.82) is 0 Å². The van der Waals surface area contributed by atoms with E-state index in [4.69, 9.17) is 19.5 Å². The van der Waals surface area contributed by atoms with Crippen molar-refractivity contribution in [2.75, 3.05) is 14.2 Å². The third kappa shape index (κ3) is 4.62. The molecule has 32 heavy (non-hydrogen) atoms. The Kier molecular flexibility index (Phi) is 5.67. The van der Waals surface area contributed by atoms with Gasteiger partial charge in [0, 0.05) is 37.0 Å². The van der Waals surface area contributed by atoms with Gasteiger partial charge in [0.05, 0.1) is 50.1 Å². The van der Waals surface area contributed by atoms with Crippen LogP contribution in [-0.2, 0) is 13.6 Å². The Labute approximate surface area is 185 Å². The van der Waals surface area contributed by atoms with E-state index < -0.39 is 5.60 Å². The van der Waals surface area contributed by atoms with E-state index in [0.29, 0.717) is 39.5 Å². The molecule has 0 aliphatic rings. The molecule has 3 aromatic heterocycles. The second kappa shape index (κ2) is 8.43. The molecule has 9 nitrogen and oxygen atoms in total. The number of ether oxygens (including phenoxy) is 2. The van der Waals surface area contributed by atoms with Crippen molar-refractivity contribution in [2.24, 2.45) is 12.0 Å². The van der Waals surface area contributed by atoms with Crippen LogP contribution in [0.2, 0.25) is 0 Å². The fourth-order valence-electron chi connectivity index (χ4n) is 3.38. The van der Waals surface area contributed by atoms with Gasteiger partial charge in [-0.25, -0.2) is 9.98 Å². The van der Waals surface area contributed by atoms with Gasteiger partial charge < -0.3 is 19.1 Å². The molecule has 0 bridgehead atoms. The van der Waals surface area contributed by atoms with Crippen molar-refractivity contribution < 1.29 is 14.6 Å². The lowest BCUT2D eigenvalue weighted by Crippen LogP contribution is -2.33. The number of benzene rings is 1. The van der Waals surface area contributed by atoms with Crippen LogP contribution in [-0.4, -0.2) is 49.2 Å². The Morgan fingerprint density at radius 2 is 1.78 bits per heavy atom. The summed E-state index contributed by atoms with van der Waals surface area (Å²) >= 11 is 0. The van der Waals surface area contributed by atoms with Crippen molar-refractivity contribution in [2.45, 2.75) is 26.0 Å².